The summed E-state index contributed by atoms with van der Waals surface area (Å²) in [4.78, 5) is 23.4. The van der Waals surface area contributed by atoms with E-state index in [0.717, 1.165) is 42.0 Å². The lowest BCUT2D eigenvalue weighted by Crippen LogP contribution is -2.54. The van der Waals surface area contributed by atoms with Gasteiger partial charge in [-0.3, -0.25) is 4.79 Å². The van der Waals surface area contributed by atoms with Gasteiger partial charge in [0.1, 0.15) is 10.6 Å². The maximum atomic E-state index is 11.5. The largest absolute Gasteiger partial charge is 0.355 e. The molecule has 1 N–H and O–H groups in total. The first kappa shape index (κ1) is 13.3. The number of nitrogens with zero attached hydrogens (tertiary/aromatic N) is 3. The number of piperidine rings is 2. The van der Waals surface area contributed by atoms with Gasteiger partial charge in [0, 0.05) is 25.6 Å². The van der Waals surface area contributed by atoms with Crippen LogP contribution in [0.15, 0.2) is 11.4 Å². The standard InChI is InChI=1S/C14H15ClN4OS/c15-14-17-12(9-4-6-21-13(9)18-14)19-5-3-10-8(7-19)1-2-11(20)16-10/h4,6,8,10H,1-3,5,7H2,(H,16,20). The predicted molar refractivity (Wildman–Crippen MR) is 83.9 cm³/mol. The van der Waals surface area contributed by atoms with Crippen molar-refractivity contribution in [2.45, 2.75) is 25.3 Å². The quantitative estimate of drug-likeness (QED) is 0.819. The number of nitrogens with one attached hydrogen (secondary N) is 1. The number of carbonyl (C=O) groups excluding carboxylic acids is 1. The molecule has 1 amide bonds. The van der Waals surface area contributed by atoms with Gasteiger partial charge in [-0.2, -0.15) is 4.98 Å². The molecular weight excluding hydrogens is 308 g/mol. The Bertz CT molecular complexity index is 703. The van der Waals surface area contributed by atoms with Crippen molar-refractivity contribution in [2.24, 2.45) is 5.92 Å². The molecule has 0 spiro atoms. The topological polar surface area (TPSA) is 58.1 Å². The van der Waals surface area contributed by atoms with E-state index in [1.807, 2.05) is 5.38 Å². The van der Waals surface area contributed by atoms with Crippen LogP contribution in [-0.2, 0) is 4.79 Å². The van der Waals surface area contributed by atoms with Gasteiger partial charge in [-0.1, -0.05) is 0 Å². The van der Waals surface area contributed by atoms with E-state index in [0.29, 0.717) is 23.7 Å². The van der Waals surface area contributed by atoms with Gasteiger partial charge in [-0.05, 0) is 41.8 Å². The molecular formula is C14H15ClN4OS. The van der Waals surface area contributed by atoms with Crippen LogP contribution in [0.1, 0.15) is 19.3 Å². The van der Waals surface area contributed by atoms with Gasteiger partial charge in [-0.25, -0.2) is 4.98 Å². The number of hydrogen-bond acceptors (Lipinski definition) is 5. The maximum absolute atomic E-state index is 11.5. The van der Waals surface area contributed by atoms with Crippen LogP contribution in [0.4, 0.5) is 5.82 Å². The van der Waals surface area contributed by atoms with Gasteiger partial charge in [0.25, 0.3) is 0 Å². The van der Waals surface area contributed by atoms with Crippen LogP contribution in [0.3, 0.4) is 0 Å². The maximum Gasteiger partial charge on any atom is 0.225 e. The Hall–Kier alpha value is -1.40. The molecule has 4 rings (SSSR count). The number of carbonyl (C=O) groups is 1. The van der Waals surface area contributed by atoms with Crippen molar-refractivity contribution in [3.63, 3.8) is 0 Å². The summed E-state index contributed by atoms with van der Waals surface area (Å²) >= 11 is 7.64. The lowest BCUT2D eigenvalue weighted by Gasteiger charge is -2.42. The minimum absolute atomic E-state index is 0.190. The highest BCUT2D eigenvalue weighted by molar-refractivity contribution is 7.16. The van der Waals surface area contributed by atoms with Gasteiger partial charge in [0.2, 0.25) is 11.2 Å². The highest BCUT2D eigenvalue weighted by atomic mass is 35.5. The van der Waals surface area contributed by atoms with E-state index in [-0.39, 0.29) is 5.91 Å². The van der Waals surface area contributed by atoms with E-state index in [9.17, 15) is 4.79 Å². The van der Waals surface area contributed by atoms with Crippen molar-refractivity contribution in [3.05, 3.63) is 16.7 Å². The van der Waals surface area contributed by atoms with E-state index in [2.05, 4.69) is 26.3 Å². The average molecular weight is 323 g/mol. The summed E-state index contributed by atoms with van der Waals surface area (Å²) in [5.41, 5.74) is 0. The molecule has 2 aromatic heterocycles. The SMILES string of the molecule is O=C1CCC2CN(c3nc(Cl)nc4sccc34)CCC2N1. The van der Waals surface area contributed by atoms with Gasteiger partial charge in [0.05, 0.1) is 5.39 Å². The third-order valence-corrected chi connectivity index (χ3v) is 5.38. The molecule has 0 radical (unpaired) electrons. The molecule has 0 saturated carbocycles. The van der Waals surface area contributed by atoms with Crippen LogP contribution < -0.4 is 10.2 Å². The molecule has 4 heterocycles. The number of amides is 1. The number of thiophene rings is 1. The summed E-state index contributed by atoms with van der Waals surface area (Å²) in [5, 5.41) is 6.51. The van der Waals surface area contributed by atoms with E-state index >= 15 is 0 Å². The number of hydrogen-bond donors (Lipinski definition) is 1. The Morgan fingerprint density at radius 3 is 3.19 bits per heavy atom. The van der Waals surface area contributed by atoms with Gasteiger partial charge >= 0.3 is 0 Å². The molecule has 0 bridgehead atoms. The molecule has 2 aliphatic rings. The molecule has 5 nitrogen and oxygen atoms in total. The Labute approximate surface area is 131 Å². The van der Waals surface area contributed by atoms with Crippen molar-refractivity contribution in [1.29, 1.82) is 0 Å². The fourth-order valence-corrected chi connectivity index (χ4v) is 4.33. The normalized spacial score (nSPS) is 25.8. The van der Waals surface area contributed by atoms with E-state index in [1.54, 1.807) is 11.3 Å². The summed E-state index contributed by atoms with van der Waals surface area (Å²) in [6.45, 7) is 1.81. The summed E-state index contributed by atoms with van der Waals surface area (Å²) in [6.07, 6.45) is 2.55. The van der Waals surface area contributed by atoms with Crippen LogP contribution >= 0.6 is 22.9 Å². The Morgan fingerprint density at radius 1 is 1.38 bits per heavy atom. The van der Waals surface area contributed by atoms with Gasteiger partial charge in [0.15, 0.2) is 0 Å². The third kappa shape index (κ3) is 2.36. The summed E-state index contributed by atoms with van der Waals surface area (Å²) in [5.74, 6) is 1.62. The smallest absolute Gasteiger partial charge is 0.225 e. The van der Waals surface area contributed by atoms with Gasteiger partial charge < -0.3 is 10.2 Å². The molecule has 7 heteroatoms. The lowest BCUT2D eigenvalue weighted by molar-refractivity contribution is -0.124. The minimum Gasteiger partial charge on any atom is -0.355 e. The molecule has 110 valence electrons. The van der Waals surface area contributed by atoms with Crippen LogP contribution in [0.25, 0.3) is 10.2 Å². The van der Waals surface area contributed by atoms with Crippen molar-refractivity contribution in [1.82, 2.24) is 15.3 Å². The zero-order chi connectivity index (χ0) is 14.4. The van der Waals surface area contributed by atoms with Crippen molar-refractivity contribution in [2.75, 3.05) is 18.0 Å². The summed E-state index contributed by atoms with van der Waals surface area (Å²) in [7, 11) is 0. The van der Waals surface area contributed by atoms with Crippen LogP contribution in [0.2, 0.25) is 5.28 Å². The zero-order valence-electron chi connectivity index (χ0n) is 11.4. The molecule has 2 saturated heterocycles. The second-order valence-corrected chi connectivity index (χ2v) is 6.90. The van der Waals surface area contributed by atoms with Crippen LogP contribution in [-0.4, -0.2) is 35.0 Å². The average Bonchev–Trinajstić information content (AvgIpc) is 2.94. The Morgan fingerprint density at radius 2 is 2.29 bits per heavy atom. The Balaban J connectivity index is 1.64. The molecule has 2 aliphatic heterocycles. The fourth-order valence-electron chi connectivity index (χ4n) is 3.36. The highest BCUT2D eigenvalue weighted by Gasteiger charge is 2.34. The van der Waals surface area contributed by atoms with Crippen molar-refractivity contribution >= 4 is 44.9 Å². The minimum atomic E-state index is 0.190. The predicted octanol–water partition coefficient (Wildman–Crippen LogP) is 2.45. The molecule has 2 aromatic rings. The second kappa shape index (κ2) is 5.10. The number of rotatable bonds is 1. The fraction of sp³-hybridized carbons (Fsp3) is 0.500. The van der Waals surface area contributed by atoms with Crippen LogP contribution in [0, 0.1) is 5.92 Å². The van der Waals surface area contributed by atoms with Gasteiger partial charge in [-0.15, -0.1) is 11.3 Å². The molecule has 2 fully saturated rings. The molecule has 2 unspecified atom stereocenters. The summed E-state index contributed by atoms with van der Waals surface area (Å²) < 4.78 is 0. The first-order valence-electron chi connectivity index (χ1n) is 7.16. The number of halogens is 1. The molecule has 2 atom stereocenters. The first-order chi connectivity index (χ1) is 10.2. The van der Waals surface area contributed by atoms with E-state index in [1.165, 1.54) is 0 Å². The molecule has 21 heavy (non-hydrogen) atoms. The van der Waals surface area contributed by atoms with Crippen LogP contribution in [0.5, 0.6) is 0 Å². The third-order valence-electron chi connectivity index (χ3n) is 4.40. The van der Waals surface area contributed by atoms with E-state index < -0.39 is 0 Å². The lowest BCUT2D eigenvalue weighted by atomic mass is 9.85. The Kier molecular flexibility index (Phi) is 3.23. The number of fused-ring (bicyclic) bond motifs is 2. The van der Waals surface area contributed by atoms with E-state index in [4.69, 9.17) is 11.6 Å². The van der Waals surface area contributed by atoms with Crippen molar-refractivity contribution < 1.29 is 4.79 Å². The number of anilines is 1. The van der Waals surface area contributed by atoms with Crippen molar-refractivity contribution in [3.8, 4) is 0 Å². The molecule has 0 aliphatic carbocycles. The molecule has 0 aromatic carbocycles. The zero-order valence-corrected chi connectivity index (χ0v) is 13.0. The second-order valence-electron chi connectivity index (χ2n) is 5.66. The highest BCUT2D eigenvalue weighted by Crippen LogP contribution is 2.33. The monoisotopic (exact) mass is 322 g/mol. The summed E-state index contributed by atoms with van der Waals surface area (Å²) in [6, 6.07) is 2.37. The first-order valence-corrected chi connectivity index (χ1v) is 8.41. The number of aromatic nitrogens is 2.